The molecule has 0 bridgehead atoms. The van der Waals surface area contributed by atoms with Crippen LogP contribution in [-0.4, -0.2) is 39.3 Å². The summed E-state index contributed by atoms with van der Waals surface area (Å²) in [6.45, 7) is 1.93. The number of hydrogen-bond donors (Lipinski definition) is 1. The molecule has 0 spiro atoms. The molecule has 84 valence electrons. The zero-order chi connectivity index (χ0) is 11.3. The van der Waals surface area contributed by atoms with Crippen molar-refractivity contribution in [3.8, 4) is 5.88 Å². The maximum atomic E-state index is 11.0. The number of nitrogens with zero attached hydrogens (tertiary/aromatic N) is 2. The summed E-state index contributed by atoms with van der Waals surface area (Å²) in [4.78, 5) is 8.13. The molecule has 0 amide bonds. The molecule has 5 nitrogen and oxygen atoms in total. The van der Waals surface area contributed by atoms with Crippen molar-refractivity contribution in [1.29, 1.82) is 0 Å². The van der Waals surface area contributed by atoms with Crippen molar-refractivity contribution in [3.05, 3.63) is 12.3 Å². The van der Waals surface area contributed by atoms with Crippen LogP contribution in [0.5, 0.6) is 5.88 Å². The number of rotatable bonds is 5. The maximum Gasteiger partial charge on any atom is 0.226 e. The van der Waals surface area contributed by atoms with E-state index in [0.717, 1.165) is 0 Å². The molecule has 1 aromatic heterocycles. The second kappa shape index (κ2) is 5.65. The maximum absolute atomic E-state index is 11.0. The highest BCUT2D eigenvalue weighted by molar-refractivity contribution is 7.84. The van der Waals surface area contributed by atoms with E-state index in [9.17, 15) is 4.21 Å². The fraction of sp³-hybridized carbons (Fsp3) is 0.556. The minimum Gasteiger partial charge on any atom is -0.481 e. The summed E-state index contributed by atoms with van der Waals surface area (Å²) < 4.78 is 15.9. The average molecular weight is 229 g/mol. The van der Waals surface area contributed by atoms with Gasteiger partial charge in [0.1, 0.15) is 0 Å². The van der Waals surface area contributed by atoms with Gasteiger partial charge in [-0.05, 0) is 6.92 Å². The third kappa shape index (κ3) is 4.24. The van der Waals surface area contributed by atoms with E-state index in [-0.39, 0.29) is 6.04 Å². The molecule has 1 N–H and O–H groups in total. The van der Waals surface area contributed by atoms with Gasteiger partial charge in [0.05, 0.1) is 7.11 Å². The molecule has 1 heterocycles. The Hall–Kier alpha value is -1.17. The molecule has 2 unspecified atom stereocenters. The second-order valence-corrected chi connectivity index (χ2v) is 4.69. The minimum absolute atomic E-state index is 0.0722. The Morgan fingerprint density at radius 2 is 2.40 bits per heavy atom. The molecule has 0 saturated heterocycles. The summed E-state index contributed by atoms with van der Waals surface area (Å²) in [5, 5.41) is 3.05. The van der Waals surface area contributed by atoms with Crippen LogP contribution in [0.3, 0.4) is 0 Å². The van der Waals surface area contributed by atoms with Crippen molar-refractivity contribution in [3.63, 3.8) is 0 Å². The monoisotopic (exact) mass is 229 g/mol. The first-order chi connectivity index (χ1) is 7.11. The fourth-order valence-corrected chi connectivity index (χ4v) is 1.93. The van der Waals surface area contributed by atoms with Crippen LogP contribution in [0.4, 0.5) is 5.95 Å². The molecule has 1 aromatic rings. The lowest BCUT2D eigenvalue weighted by Gasteiger charge is -2.12. The number of anilines is 1. The summed E-state index contributed by atoms with van der Waals surface area (Å²) in [6.07, 6.45) is 3.29. The molecular weight excluding hydrogens is 214 g/mol. The number of nitrogens with one attached hydrogen (secondary N) is 1. The Morgan fingerprint density at radius 3 is 3.00 bits per heavy atom. The van der Waals surface area contributed by atoms with E-state index >= 15 is 0 Å². The van der Waals surface area contributed by atoms with Crippen LogP contribution in [0.1, 0.15) is 6.92 Å². The van der Waals surface area contributed by atoms with Gasteiger partial charge in [-0.15, -0.1) is 0 Å². The molecule has 0 aliphatic rings. The van der Waals surface area contributed by atoms with Crippen LogP contribution in [0.2, 0.25) is 0 Å². The number of ether oxygens (including phenoxy) is 1. The fourth-order valence-electron chi connectivity index (χ4n) is 1.14. The van der Waals surface area contributed by atoms with E-state index < -0.39 is 10.8 Å². The third-order valence-corrected chi connectivity index (χ3v) is 2.67. The molecule has 0 aliphatic carbocycles. The number of methoxy groups -OCH3 is 1. The molecule has 2 atom stereocenters. The van der Waals surface area contributed by atoms with Gasteiger partial charge in [-0.25, -0.2) is 4.98 Å². The van der Waals surface area contributed by atoms with Crippen molar-refractivity contribution in [2.24, 2.45) is 0 Å². The Bertz CT molecular complexity index is 346. The summed E-state index contributed by atoms with van der Waals surface area (Å²) in [6, 6.07) is 1.75. The third-order valence-electron chi connectivity index (χ3n) is 1.70. The predicted molar refractivity (Wildman–Crippen MR) is 60.6 cm³/mol. The van der Waals surface area contributed by atoms with Crippen molar-refractivity contribution in [2.75, 3.05) is 24.4 Å². The van der Waals surface area contributed by atoms with Crippen molar-refractivity contribution >= 4 is 16.7 Å². The van der Waals surface area contributed by atoms with Crippen LogP contribution in [0, 0.1) is 0 Å². The van der Waals surface area contributed by atoms with Gasteiger partial charge in [-0.1, -0.05) is 0 Å². The molecule has 0 saturated carbocycles. The van der Waals surface area contributed by atoms with Crippen LogP contribution in [0.25, 0.3) is 0 Å². The first-order valence-electron chi connectivity index (χ1n) is 4.55. The summed E-state index contributed by atoms with van der Waals surface area (Å²) >= 11 is 0. The molecule has 0 aliphatic heterocycles. The summed E-state index contributed by atoms with van der Waals surface area (Å²) in [5.41, 5.74) is 0. The SMILES string of the molecule is COc1ccnc(NC(C)CS(C)=O)n1. The van der Waals surface area contributed by atoms with E-state index in [1.807, 2.05) is 6.92 Å². The molecule has 1 rings (SSSR count). The Balaban J connectivity index is 2.59. The topological polar surface area (TPSA) is 64.1 Å². The van der Waals surface area contributed by atoms with Crippen LogP contribution < -0.4 is 10.1 Å². The molecule has 6 heteroatoms. The van der Waals surface area contributed by atoms with Gasteiger partial charge in [0.25, 0.3) is 0 Å². The summed E-state index contributed by atoms with van der Waals surface area (Å²) in [7, 11) is 0.726. The predicted octanol–water partition coefficient (Wildman–Crippen LogP) is 0.664. The highest BCUT2D eigenvalue weighted by atomic mass is 32.2. The van der Waals surface area contributed by atoms with Gasteiger partial charge in [0.15, 0.2) is 0 Å². The van der Waals surface area contributed by atoms with Gasteiger partial charge < -0.3 is 10.1 Å². The first kappa shape index (κ1) is 11.9. The van der Waals surface area contributed by atoms with Gasteiger partial charge in [-0.2, -0.15) is 4.98 Å². The summed E-state index contributed by atoms with van der Waals surface area (Å²) in [5.74, 6) is 1.57. The number of aromatic nitrogens is 2. The molecule has 15 heavy (non-hydrogen) atoms. The highest BCUT2D eigenvalue weighted by Crippen LogP contribution is 2.08. The van der Waals surface area contributed by atoms with Crippen molar-refractivity contribution in [2.45, 2.75) is 13.0 Å². The zero-order valence-electron chi connectivity index (χ0n) is 9.06. The van der Waals surface area contributed by atoms with Gasteiger partial charge in [0.2, 0.25) is 11.8 Å². The lowest BCUT2D eigenvalue weighted by atomic mass is 10.4. The smallest absolute Gasteiger partial charge is 0.226 e. The average Bonchev–Trinajstić information content (AvgIpc) is 2.16. The highest BCUT2D eigenvalue weighted by Gasteiger charge is 2.06. The van der Waals surface area contributed by atoms with E-state index in [2.05, 4.69) is 15.3 Å². The van der Waals surface area contributed by atoms with E-state index in [0.29, 0.717) is 17.6 Å². The van der Waals surface area contributed by atoms with Crippen molar-refractivity contribution in [1.82, 2.24) is 9.97 Å². The van der Waals surface area contributed by atoms with Gasteiger partial charge in [0, 0.05) is 41.1 Å². The second-order valence-electron chi connectivity index (χ2n) is 3.21. The lowest BCUT2D eigenvalue weighted by Crippen LogP contribution is -2.23. The van der Waals surface area contributed by atoms with Crippen LogP contribution in [0.15, 0.2) is 12.3 Å². The normalized spacial score (nSPS) is 14.3. The van der Waals surface area contributed by atoms with Gasteiger partial charge >= 0.3 is 0 Å². The Kier molecular flexibility index (Phi) is 4.48. The Morgan fingerprint density at radius 1 is 1.67 bits per heavy atom. The van der Waals surface area contributed by atoms with Crippen LogP contribution in [-0.2, 0) is 10.8 Å². The van der Waals surface area contributed by atoms with Crippen molar-refractivity contribution < 1.29 is 8.95 Å². The quantitative estimate of drug-likeness (QED) is 0.803. The standard InChI is InChI=1S/C9H15N3O2S/c1-7(6-15(3)13)11-9-10-5-4-8(12-9)14-2/h4-5,7H,6H2,1-3H3,(H,10,11,12). The van der Waals surface area contributed by atoms with Crippen LogP contribution >= 0.6 is 0 Å². The Labute approximate surface area is 91.7 Å². The van der Waals surface area contributed by atoms with E-state index in [1.54, 1.807) is 25.6 Å². The number of hydrogen-bond acceptors (Lipinski definition) is 5. The molecular formula is C9H15N3O2S. The first-order valence-corrected chi connectivity index (χ1v) is 6.28. The van der Waals surface area contributed by atoms with E-state index in [4.69, 9.17) is 4.74 Å². The van der Waals surface area contributed by atoms with E-state index in [1.165, 1.54) is 0 Å². The molecule has 0 aromatic carbocycles. The largest absolute Gasteiger partial charge is 0.481 e. The lowest BCUT2D eigenvalue weighted by molar-refractivity contribution is 0.397. The minimum atomic E-state index is -0.826. The molecule has 0 radical (unpaired) electrons. The molecule has 0 fully saturated rings. The zero-order valence-corrected chi connectivity index (χ0v) is 9.87. The van der Waals surface area contributed by atoms with Gasteiger partial charge in [-0.3, -0.25) is 4.21 Å².